The molecule has 0 spiro atoms. The molecule has 0 bridgehead atoms. The molecule has 6 heterocycles. The predicted molar refractivity (Wildman–Crippen MR) is 325 cm³/mol. The Labute approximate surface area is 534 Å². The van der Waals surface area contributed by atoms with E-state index < -0.39 is 171 Å². The van der Waals surface area contributed by atoms with Crippen molar-refractivity contribution in [2.75, 3.05) is 0 Å². The van der Waals surface area contributed by atoms with Gasteiger partial charge in [0.15, 0.2) is 49.8 Å². The molecular formula is C66H116O24. The number of hydrogen-bond acceptors (Lipinski definition) is 24. The second kappa shape index (κ2) is 39.7. The van der Waals surface area contributed by atoms with Crippen LogP contribution in [-0.2, 0) is 76.0 Å². The van der Waals surface area contributed by atoms with Crippen LogP contribution in [0.25, 0.3) is 0 Å². The summed E-state index contributed by atoms with van der Waals surface area (Å²) in [4.78, 5) is 41.3. The Morgan fingerprint density at radius 3 is 1.46 bits per heavy atom. The third kappa shape index (κ3) is 22.7. The fourth-order valence-corrected chi connectivity index (χ4v) is 13.0. The van der Waals surface area contributed by atoms with Gasteiger partial charge in [-0.05, 0) is 66.7 Å². The van der Waals surface area contributed by atoms with Crippen molar-refractivity contribution < 1.29 is 117 Å². The van der Waals surface area contributed by atoms with Crippen LogP contribution in [0, 0.1) is 0 Å². The van der Waals surface area contributed by atoms with Gasteiger partial charge in [-0.25, -0.2) is 0 Å². The normalized spacial score (nSPS) is 40.3. The van der Waals surface area contributed by atoms with E-state index in [1.54, 1.807) is 13.8 Å². The average Bonchev–Trinajstić information content (AvgIpc) is 0.871. The third-order valence-corrected chi connectivity index (χ3v) is 18.6. The van der Waals surface area contributed by atoms with Gasteiger partial charge in [-0.15, -0.1) is 0 Å². The number of carbonyl (C=O) groups is 3. The van der Waals surface area contributed by atoms with Crippen molar-refractivity contribution >= 4 is 17.9 Å². The van der Waals surface area contributed by atoms with E-state index in [1.807, 2.05) is 0 Å². The van der Waals surface area contributed by atoms with Crippen molar-refractivity contribution in [3.63, 3.8) is 0 Å². The lowest BCUT2D eigenvalue weighted by Gasteiger charge is -2.51. The molecule has 26 atom stereocenters. The molecule has 24 nitrogen and oxygen atoms in total. The minimum atomic E-state index is -1.90. The second-order valence-corrected chi connectivity index (χ2v) is 26.2. The maximum atomic E-state index is 14.3. The quantitative estimate of drug-likeness (QED) is 0.0231. The first-order valence-corrected chi connectivity index (χ1v) is 34.8. The van der Waals surface area contributed by atoms with E-state index in [4.69, 9.17) is 61.6 Å². The SMILES string of the molecule is CCCCCCCCCC(=O)O[C@@H]1[C@@H](O)[C@@H](O)[C@H](O[C@@H]2[C@@H](O[C@@H]3O[C@@H](C)[C@H](O)[C@@H](O)[C@H]3O)[C@@H](OC(=O)CCCCCCCCC)[C@H](O[C@@H]3[C@@H](O)[C@H]4OC(=O)CCCCCCCCCC(CCCCC)O[C@@H]5O[C@H](C)[C@H](O)[C@H](O)[C@H]5O[C@@H]4O[C@H]3C)O[C@H]2C)O[C@H]1C. The molecule has 0 aromatic rings. The molecule has 0 aromatic carbocycles. The van der Waals surface area contributed by atoms with Gasteiger partial charge in [0.05, 0.1) is 36.6 Å². The van der Waals surface area contributed by atoms with Gasteiger partial charge in [0.25, 0.3) is 0 Å². The lowest BCUT2D eigenvalue weighted by Crippen LogP contribution is -2.68. The van der Waals surface area contributed by atoms with Crippen molar-refractivity contribution in [3.8, 4) is 0 Å². The first-order valence-electron chi connectivity index (χ1n) is 34.8. The van der Waals surface area contributed by atoms with E-state index in [1.165, 1.54) is 20.8 Å². The number of unbranched alkanes of at least 4 members (excludes halogenated alkanes) is 14. The summed E-state index contributed by atoms with van der Waals surface area (Å²) in [6.07, 6.45) is -14.8. The monoisotopic (exact) mass is 1290 g/mol. The number of aliphatic hydroxyl groups is 8. The Kier molecular flexibility index (Phi) is 33.8. The molecule has 6 aliphatic rings. The summed E-state index contributed by atoms with van der Waals surface area (Å²) in [5.41, 5.74) is 0. The second-order valence-electron chi connectivity index (χ2n) is 26.2. The Bertz CT molecular complexity index is 2030. The van der Waals surface area contributed by atoms with E-state index in [0.29, 0.717) is 32.1 Å². The van der Waals surface area contributed by atoms with Crippen LogP contribution in [0.5, 0.6) is 0 Å². The molecule has 0 saturated carbocycles. The smallest absolute Gasteiger partial charge is 0.306 e. The number of carbonyl (C=O) groups excluding carboxylic acids is 3. The van der Waals surface area contributed by atoms with Gasteiger partial charge >= 0.3 is 17.9 Å². The molecule has 0 radical (unpaired) electrons. The van der Waals surface area contributed by atoms with E-state index in [-0.39, 0.29) is 25.4 Å². The third-order valence-electron chi connectivity index (χ3n) is 18.6. The fourth-order valence-electron chi connectivity index (χ4n) is 13.0. The molecule has 524 valence electrons. The van der Waals surface area contributed by atoms with Gasteiger partial charge in [0.1, 0.15) is 73.2 Å². The summed E-state index contributed by atoms with van der Waals surface area (Å²) in [6.45, 7) is 14.1. The van der Waals surface area contributed by atoms with Crippen molar-refractivity contribution in [1.29, 1.82) is 0 Å². The van der Waals surface area contributed by atoms with Crippen LogP contribution in [0.1, 0.15) is 242 Å². The first kappa shape index (κ1) is 76.7. The largest absolute Gasteiger partial charge is 0.457 e. The highest BCUT2D eigenvalue weighted by molar-refractivity contribution is 5.70. The molecule has 0 aliphatic carbocycles. The average molecular weight is 1290 g/mol. The number of ether oxygens (including phenoxy) is 13. The van der Waals surface area contributed by atoms with Crippen LogP contribution < -0.4 is 0 Å². The summed E-state index contributed by atoms with van der Waals surface area (Å²) < 4.78 is 82.7. The maximum Gasteiger partial charge on any atom is 0.306 e. The first-order chi connectivity index (χ1) is 43.2. The van der Waals surface area contributed by atoms with Gasteiger partial charge in [0, 0.05) is 19.3 Å². The number of fused-ring (bicyclic) bond motifs is 2. The zero-order valence-corrected chi connectivity index (χ0v) is 55.1. The van der Waals surface area contributed by atoms with Crippen LogP contribution in [-0.4, -0.2) is 218 Å². The standard InChI is InChI=1S/C66H116O24/c1-9-12-15-17-20-25-30-35-44(67)84-55-40(6)80-63(53(76)51(55)74)88-57-42(8)82-66(61(86-46(69)37-32-26-21-18-16-13-10-2)60(57)90-62-52(75)49(72)47(70)38(4)78-62)87-56-41(7)81-65-59(54(56)77)85-45(68)36-31-27-23-19-22-24-29-34-43(33-28-14-11-3)83-64-58(89-65)50(73)48(71)39(5)79-64/h38-43,47-66,70-77H,9-37H2,1-8H3/t38-,39+,40-,41-,42-,43?,47-,48-,49+,50-,51-,52+,53+,54+,55-,56-,57-,58+,59+,60+,61+,62-,63-,64-,65-,66-/m0/s1. The Balaban J connectivity index is 1.31. The van der Waals surface area contributed by atoms with Crippen molar-refractivity contribution in [2.24, 2.45) is 0 Å². The van der Waals surface area contributed by atoms with E-state index >= 15 is 0 Å². The minimum Gasteiger partial charge on any atom is -0.457 e. The van der Waals surface area contributed by atoms with Gasteiger partial charge in [-0.2, -0.15) is 0 Å². The molecule has 1 unspecified atom stereocenters. The topological polar surface area (TPSA) is 333 Å². The van der Waals surface area contributed by atoms with Crippen LogP contribution in [0.4, 0.5) is 0 Å². The molecule has 0 amide bonds. The molecule has 24 heteroatoms. The number of rotatable bonds is 28. The van der Waals surface area contributed by atoms with Crippen molar-refractivity contribution in [3.05, 3.63) is 0 Å². The van der Waals surface area contributed by atoms with E-state index in [2.05, 4.69) is 20.8 Å². The lowest BCUT2D eigenvalue weighted by molar-refractivity contribution is -0.399. The summed E-state index contributed by atoms with van der Waals surface area (Å²) >= 11 is 0. The van der Waals surface area contributed by atoms with Crippen LogP contribution in [0.2, 0.25) is 0 Å². The molecule has 6 aliphatic heterocycles. The highest BCUT2D eigenvalue weighted by Gasteiger charge is 2.58. The van der Waals surface area contributed by atoms with E-state index in [9.17, 15) is 55.2 Å². The van der Waals surface area contributed by atoms with Gasteiger partial charge < -0.3 is 102 Å². The summed E-state index contributed by atoms with van der Waals surface area (Å²) in [6, 6.07) is 0. The number of esters is 3. The predicted octanol–water partition coefficient (Wildman–Crippen LogP) is 6.65. The Morgan fingerprint density at radius 1 is 0.389 bits per heavy atom. The Hall–Kier alpha value is -2.31. The number of aliphatic hydroxyl groups excluding tert-OH is 8. The number of hydrogen-bond donors (Lipinski definition) is 8. The highest BCUT2D eigenvalue weighted by Crippen LogP contribution is 2.39. The van der Waals surface area contributed by atoms with Crippen LogP contribution in [0.3, 0.4) is 0 Å². The van der Waals surface area contributed by atoms with Crippen LogP contribution >= 0.6 is 0 Å². The zero-order valence-electron chi connectivity index (χ0n) is 55.1. The fraction of sp³-hybridized carbons (Fsp3) is 0.955. The molecule has 0 aromatic heterocycles. The van der Waals surface area contributed by atoms with Gasteiger partial charge in [0.2, 0.25) is 0 Å². The van der Waals surface area contributed by atoms with Gasteiger partial charge in [-0.1, -0.05) is 156 Å². The summed E-state index contributed by atoms with van der Waals surface area (Å²) in [5, 5.41) is 92.4. The summed E-state index contributed by atoms with van der Waals surface area (Å²) in [7, 11) is 0. The molecule has 90 heavy (non-hydrogen) atoms. The Morgan fingerprint density at radius 2 is 0.833 bits per heavy atom. The molecule has 6 rings (SSSR count). The van der Waals surface area contributed by atoms with Crippen LogP contribution in [0.15, 0.2) is 0 Å². The zero-order chi connectivity index (χ0) is 65.4. The maximum absolute atomic E-state index is 14.3. The minimum absolute atomic E-state index is 0.0201. The van der Waals surface area contributed by atoms with E-state index in [0.717, 1.165) is 135 Å². The van der Waals surface area contributed by atoms with Crippen molar-refractivity contribution in [1.82, 2.24) is 0 Å². The molecule has 6 fully saturated rings. The summed E-state index contributed by atoms with van der Waals surface area (Å²) in [5.74, 6) is -2.00. The molecular weight excluding hydrogens is 1180 g/mol. The van der Waals surface area contributed by atoms with Gasteiger partial charge in [-0.3, -0.25) is 14.4 Å². The molecule has 8 N–H and O–H groups in total. The highest BCUT2D eigenvalue weighted by atomic mass is 16.8. The van der Waals surface area contributed by atoms with Crippen molar-refractivity contribution in [2.45, 2.75) is 401 Å². The lowest BCUT2D eigenvalue weighted by atomic mass is 9.95. The molecule has 6 saturated heterocycles.